The van der Waals surface area contributed by atoms with Crippen molar-refractivity contribution in [3.63, 3.8) is 0 Å². The first-order chi connectivity index (χ1) is 5.25. The number of nitrogens with one attached hydrogen (secondary N) is 1. The fourth-order valence-electron chi connectivity index (χ4n) is 0.815. The number of nitrogens with two attached hydrogens (primary N) is 1. The van der Waals surface area contributed by atoms with Crippen molar-refractivity contribution in [1.82, 2.24) is 0 Å². The third-order valence-corrected chi connectivity index (χ3v) is 1.34. The Kier molecular flexibility index (Phi) is 3.81. The zero-order chi connectivity index (χ0) is 8.27. The van der Waals surface area contributed by atoms with Crippen LogP contribution in [0.2, 0.25) is 0 Å². The number of hydrogen-bond donors (Lipinski definition) is 2. The van der Waals surface area contributed by atoms with E-state index in [4.69, 9.17) is 16.4 Å². The molecular weight excluding hydrogens is 174 g/mol. The number of amidine groups is 1. The van der Waals surface area contributed by atoms with Gasteiger partial charge in [-0.2, -0.15) is 5.26 Å². The molecule has 0 saturated carbocycles. The van der Waals surface area contributed by atoms with Crippen LogP contribution in [0.1, 0.15) is 11.1 Å². The van der Waals surface area contributed by atoms with E-state index in [2.05, 4.69) is 0 Å². The summed E-state index contributed by atoms with van der Waals surface area (Å²) in [5, 5.41) is 15.7. The Balaban J connectivity index is 0.00000121. The van der Waals surface area contributed by atoms with E-state index < -0.39 is 0 Å². The van der Waals surface area contributed by atoms with Gasteiger partial charge < -0.3 is 5.73 Å². The Morgan fingerprint density at radius 1 is 1.42 bits per heavy atom. The third-order valence-electron chi connectivity index (χ3n) is 1.34. The molecule has 0 unspecified atom stereocenters. The third kappa shape index (κ3) is 1.97. The van der Waals surface area contributed by atoms with Crippen LogP contribution in [-0.2, 0) is 0 Å². The van der Waals surface area contributed by atoms with E-state index in [-0.39, 0.29) is 18.2 Å². The lowest BCUT2D eigenvalue weighted by Crippen LogP contribution is -2.12. The van der Waals surface area contributed by atoms with Gasteiger partial charge >= 0.3 is 0 Å². The molecule has 3 N–H and O–H groups in total. The highest BCUT2D eigenvalue weighted by molar-refractivity contribution is 5.97. The number of nitrogens with zero attached hydrogens (tertiary/aromatic N) is 1. The zero-order valence-corrected chi connectivity index (χ0v) is 7.06. The first-order valence-electron chi connectivity index (χ1n) is 3.09. The predicted octanol–water partition coefficient (Wildman–Crippen LogP) is 1.26. The van der Waals surface area contributed by atoms with Gasteiger partial charge in [0.25, 0.3) is 0 Å². The van der Waals surface area contributed by atoms with E-state index in [0.29, 0.717) is 11.1 Å². The largest absolute Gasteiger partial charge is 0.384 e. The number of rotatable bonds is 1. The molecule has 0 heterocycles. The summed E-state index contributed by atoms with van der Waals surface area (Å²) in [7, 11) is 0. The summed E-state index contributed by atoms with van der Waals surface area (Å²) in [4.78, 5) is 0. The zero-order valence-electron chi connectivity index (χ0n) is 6.24. The van der Waals surface area contributed by atoms with Gasteiger partial charge in [-0.15, -0.1) is 12.4 Å². The topological polar surface area (TPSA) is 73.7 Å². The fourth-order valence-corrected chi connectivity index (χ4v) is 0.815. The molecule has 0 aromatic heterocycles. The summed E-state index contributed by atoms with van der Waals surface area (Å²) in [5.41, 5.74) is 6.16. The molecule has 0 bridgehead atoms. The van der Waals surface area contributed by atoms with Crippen LogP contribution >= 0.6 is 12.4 Å². The average Bonchev–Trinajstić information content (AvgIpc) is 2.04. The van der Waals surface area contributed by atoms with Gasteiger partial charge in [0.15, 0.2) is 0 Å². The molecule has 1 aromatic rings. The molecule has 0 aliphatic heterocycles. The van der Waals surface area contributed by atoms with Crippen LogP contribution in [0.5, 0.6) is 0 Å². The van der Waals surface area contributed by atoms with Crippen molar-refractivity contribution >= 4 is 18.2 Å². The second-order valence-corrected chi connectivity index (χ2v) is 2.07. The highest BCUT2D eigenvalue weighted by Gasteiger charge is 2.01. The standard InChI is InChI=1S/C8H7N3.ClH/c9-5-6-3-1-2-4-7(6)8(10)11;/h1-4H,(H3,10,11);1H. The summed E-state index contributed by atoms with van der Waals surface area (Å²) < 4.78 is 0. The summed E-state index contributed by atoms with van der Waals surface area (Å²) in [6.45, 7) is 0. The second kappa shape index (κ2) is 4.37. The highest BCUT2D eigenvalue weighted by atomic mass is 35.5. The number of nitriles is 1. The van der Waals surface area contributed by atoms with Gasteiger partial charge in [-0.25, -0.2) is 0 Å². The van der Waals surface area contributed by atoms with Crippen LogP contribution < -0.4 is 5.73 Å². The summed E-state index contributed by atoms with van der Waals surface area (Å²) in [6, 6.07) is 8.73. The minimum absolute atomic E-state index is 0. The second-order valence-electron chi connectivity index (χ2n) is 2.07. The molecule has 3 nitrogen and oxygen atoms in total. The molecule has 0 amide bonds. The average molecular weight is 182 g/mol. The van der Waals surface area contributed by atoms with Crippen LogP contribution in [0.4, 0.5) is 0 Å². The SMILES string of the molecule is Cl.N#Cc1ccccc1C(=N)N. The Bertz CT molecular complexity index is 327. The van der Waals surface area contributed by atoms with Gasteiger partial charge in [0.2, 0.25) is 0 Å². The van der Waals surface area contributed by atoms with E-state index in [9.17, 15) is 0 Å². The minimum Gasteiger partial charge on any atom is -0.384 e. The van der Waals surface area contributed by atoms with Crippen molar-refractivity contribution in [3.05, 3.63) is 35.4 Å². The Labute approximate surface area is 76.7 Å². The van der Waals surface area contributed by atoms with Crippen LogP contribution in [0, 0.1) is 16.7 Å². The molecule has 1 rings (SSSR count). The normalized spacial score (nSPS) is 7.92. The quantitative estimate of drug-likeness (QED) is 0.506. The van der Waals surface area contributed by atoms with Crippen molar-refractivity contribution in [2.45, 2.75) is 0 Å². The molecule has 12 heavy (non-hydrogen) atoms. The molecule has 0 aliphatic carbocycles. The molecule has 0 atom stereocenters. The summed E-state index contributed by atoms with van der Waals surface area (Å²) in [6.07, 6.45) is 0. The van der Waals surface area contributed by atoms with E-state index in [1.54, 1.807) is 24.3 Å². The molecule has 62 valence electrons. The van der Waals surface area contributed by atoms with E-state index in [0.717, 1.165) is 0 Å². The van der Waals surface area contributed by atoms with Gasteiger partial charge in [0.1, 0.15) is 5.84 Å². The minimum atomic E-state index is -0.0675. The van der Waals surface area contributed by atoms with Crippen LogP contribution in [0.3, 0.4) is 0 Å². The van der Waals surface area contributed by atoms with E-state index in [1.165, 1.54) is 0 Å². The lowest BCUT2D eigenvalue weighted by molar-refractivity contribution is 1.40. The Hall–Kier alpha value is -1.53. The van der Waals surface area contributed by atoms with Gasteiger partial charge in [-0.1, -0.05) is 12.1 Å². The van der Waals surface area contributed by atoms with Crippen molar-refractivity contribution < 1.29 is 0 Å². The number of nitrogen functional groups attached to an aromatic ring is 1. The van der Waals surface area contributed by atoms with Gasteiger partial charge in [0.05, 0.1) is 11.6 Å². The van der Waals surface area contributed by atoms with Crippen molar-refractivity contribution in [2.75, 3.05) is 0 Å². The van der Waals surface area contributed by atoms with Crippen molar-refractivity contribution in [3.8, 4) is 6.07 Å². The molecule has 0 fully saturated rings. The molecule has 0 spiro atoms. The van der Waals surface area contributed by atoms with Crippen LogP contribution in [0.15, 0.2) is 24.3 Å². The van der Waals surface area contributed by atoms with Crippen molar-refractivity contribution in [2.24, 2.45) is 5.73 Å². The van der Waals surface area contributed by atoms with E-state index >= 15 is 0 Å². The molecule has 0 radical (unpaired) electrons. The number of benzene rings is 1. The monoisotopic (exact) mass is 181 g/mol. The molecular formula is C8H8ClN3. The fraction of sp³-hybridized carbons (Fsp3) is 0. The van der Waals surface area contributed by atoms with Gasteiger partial charge in [-0.3, -0.25) is 5.41 Å². The lowest BCUT2D eigenvalue weighted by atomic mass is 10.1. The maximum Gasteiger partial charge on any atom is 0.124 e. The first kappa shape index (κ1) is 10.5. The number of hydrogen-bond acceptors (Lipinski definition) is 2. The smallest absolute Gasteiger partial charge is 0.124 e. The lowest BCUT2D eigenvalue weighted by Gasteiger charge is -1.98. The Morgan fingerprint density at radius 3 is 2.42 bits per heavy atom. The van der Waals surface area contributed by atoms with Crippen LogP contribution in [-0.4, -0.2) is 5.84 Å². The number of halogens is 1. The first-order valence-corrected chi connectivity index (χ1v) is 3.09. The predicted molar refractivity (Wildman–Crippen MR) is 49.4 cm³/mol. The van der Waals surface area contributed by atoms with E-state index in [1.807, 2.05) is 6.07 Å². The molecule has 1 aromatic carbocycles. The molecule has 0 saturated heterocycles. The van der Waals surface area contributed by atoms with Gasteiger partial charge in [-0.05, 0) is 12.1 Å². The van der Waals surface area contributed by atoms with Crippen molar-refractivity contribution in [1.29, 1.82) is 10.7 Å². The summed E-state index contributed by atoms with van der Waals surface area (Å²) >= 11 is 0. The maximum absolute atomic E-state index is 8.57. The van der Waals surface area contributed by atoms with Gasteiger partial charge in [0, 0.05) is 5.56 Å². The summed E-state index contributed by atoms with van der Waals surface area (Å²) in [5.74, 6) is -0.0675. The van der Waals surface area contributed by atoms with Crippen LogP contribution in [0.25, 0.3) is 0 Å². The molecule has 4 heteroatoms. The highest BCUT2D eigenvalue weighted by Crippen LogP contribution is 2.04. The molecule has 0 aliphatic rings. The maximum atomic E-state index is 8.57. The Morgan fingerprint density at radius 2 is 2.00 bits per heavy atom.